The molecule has 0 bridgehead atoms. The predicted molar refractivity (Wildman–Crippen MR) is 111 cm³/mol. The zero-order chi connectivity index (χ0) is 22.8. The van der Waals surface area contributed by atoms with E-state index in [9.17, 15) is 22.8 Å². The molecule has 11 heteroatoms. The van der Waals surface area contributed by atoms with Crippen molar-refractivity contribution in [3.05, 3.63) is 53.6 Å². The van der Waals surface area contributed by atoms with Crippen LogP contribution in [-0.2, 0) is 24.3 Å². The van der Waals surface area contributed by atoms with E-state index in [1.165, 1.54) is 32.4 Å². The number of benzene rings is 2. The molecule has 164 valence electrons. The highest BCUT2D eigenvalue weighted by molar-refractivity contribution is 7.92. The molecule has 0 radical (unpaired) electrons. The van der Waals surface area contributed by atoms with Crippen LogP contribution in [0.4, 0.5) is 11.4 Å². The quantitative estimate of drug-likeness (QED) is 0.680. The van der Waals surface area contributed by atoms with Crippen molar-refractivity contribution in [2.24, 2.45) is 0 Å². The number of hydrogen-bond acceptors (Lipinski definition) is 8. The number of ether oxygens (including phenoxy) is 3. The predicted octanol–water partition coefficient (Wildman–Crippen LogP) is 1.43. The van der Waals surface area contributed by atoms with Gasteiger partial charge in [0, 0.05) is 0 Å². The average molecular weight is 448 g/mol. The van der Waals surface area contributed by atoms with E-state index in [1.54, 1.807) is 24.3 Å². The van der Waals surface area contributed by atoms with Gasteiger partial charge in [-0.3, -0.25) is 9.10 Å². The van der Waals surface area contributed by atoms with Crippen molar-refractivity contribution in [1.29, 1.82) is 0 Å². The summed E-state index contributed by atoms with van der Waals surface area (Å²) in [6.07, 6.45) is -0.184. The Labute approximate surface area is 178 Å². The topological polar surface area (TPSA) is 128 Å². The number of carbonyl (C=O) groups is 3. The molecular formula is C20H20N2O8S. The van der Waals surface area contributed by atoms with Crippen LogP contribution in [0.5, 0.6) is 5.75 Å². The molecule has 2 aromatic rings. The van der Waals surface area contributed by atoms with Gasteiger partial charge < -0.3 is 19.5 Å². The summed E-state index contributed by atoms with van der Waals surface area (Å²) in [5.74, 6) is -1.90. The van der Waals surface area contributed by atoms with Crippen LogP contribution in [0.15, 0.2) is 42.5 Å². The summed E-state index contributed by atoms with van der Waals surface area (Å²) < 4.78 is 40.6. The normalized spacial score (nSPS) is 15.3. The first-order valence-electron chi connectivity index (χ1n) is 9.00. The van der Waals surface area contributed by atoms with Gasteiger partial charge in [0.2, 0.25) is 10.0 Å². The Kier molecular flexibility index (Phi) is 6.16. The minimum Gasteiger partial charge on any atom is -0.476 e. The lowest BCUT2D eigenvalue weighted by atomic mass is 10.1. The molecule has 0 aromatic heterocycles. The molecule has 0 spiro atoms. The number of fused-ring (bicyclic) bond motifs is 1. The Balaban J connectivity index is 1.94. The molecule has 1 amide bonds. The summed E-state index contributed by atoms with van der Waals surface area (Å²) in [6, 6.07) is 10.3. The molecule has 1 atom stereocenters. The van der Waals surface area contributed by atoms with Gasteiger partial charge in [0.15, 0.2) is 6.10 Å². The maximum absolute atomic E-state index is 12.9. The Bertz CT molecular complexity index is 1150. The first kappa shape index (κ1) is 22.1. The molecule has 1 N–H and O–H groups in total. The summed E-state index contributed by atoms with van der Waals surface area (Å²) in [6.45, 7) is -0.272. The van der Waals surface area contributed by atoms with Crippen molar-refractivity contribution < 1.29 is 37.0 Å². The zero-order valence-corrected chi connectivity index (χ0v) is 17.8. The third kappa shape index (κ3) is 4.61. The lowest BCUT2D eigenvalue weighted by Crippen LogP contribution is -2.48. The fourth-order valence-electron chi connectivity index (χ4n) is 3.05. The molecule has 0 aliphatic carbocycles. The average Bonchev–Trinajstić information content (AvgIpc) is 2.76. The van der Waals surface area contributed by atoms with Crippen LogP contribution < -0.4 is 14.4 Å². The van der Waals surface area contributed by atoms with E-state index < -0.39 is 34.0 Å². The van der Waals surface area contributed by atoms with Gasteiger partial charge in [-0.25, -0.2) is 18.0 Å². The van der Waals surface area contributed by atoms with Gasteiger partial charge in [-0.1, -0.05) is 12.1 Å². The fourth-order valence-corrected chi connectivity index (χ4v) is 3.96. The highest BCUT2D eigenvalue weighted by atomic mass is 32.2. The Morgan fingerprint density at radius 2 is 1.74 bits per heavy atom. The van der Waals surface area contributed by atoms with Gasteiger partial charge in [0.05, 0.1) is 49.5 Å². The van der Waals surface area contributed by atoms with E-state index in [0.29, 0.717) is 5.69 Å². The third-order valence-electron chi connectivity index (χ3n) is 4.53. The standard InChI is InChI=1S/C20H20N2O8S/c1-28-19(24)12-8-9-13(20(25)29-2)14(10-12)21-18(23)17-11-22(31(3,26)27)15-6-4-5-7-16(15)30-17/h4-10,17H,11H2,1-3H3,(H,21,23)/t17-/m0/s1. The second kappa shape index (κ2) is 8.64. The summed E-state index contributed by atoms with van der Waals surface area (Å²) in [5, 5.41) is 2.52. The molecular weight excluding hydrogens is 428 g/mol. The summed E-state index contributed by atoms with van der Waals surface area (Å²) in [7, 11) is -1.32. The van der Waals surface area contributed by atoms with Gasteiger partial charge in [-0.15, -0.1) is 0 Å². The van der Waals surface area contributed by atoms with Crippen molar-refractivity contribution in [2.75, 3.05) is 36.6 Å². The zero-order valence-electron chi connectivity index (χ0n) is 16.9. The number of carbonyl (C=O) groups excluding carboxylic acids is 3. The van der Waals surface area contributed by atoms with Crippen molar-refractivity contribution in [3.63, 3.8) is 0 Å². The van der Waals surface area contributed by atoms with Crippen LogP contribution >= 0.6 is 0 Å². The molecule has 10 nitrogen and oxygen atoms in total. The largest absolute Gasteiger partial charge is 0.476 e. The molecule has 0 fully saturated rings. The second-order valence-corrected chi connectivity index (χ2v) is 8.51. The molecule has 0 saturated heterocycles. The number of nitrogens with one attached hydrogen (secondary N) is 1. The highest BCUT2D eigenvalue weighted by Crippen LogP contribution is 2.35. The monoisotopic (exact) mass is 448 g/mol. The molecule has 3 rings (SSSR count). The Hall–Kier alpha value is -3.60. The molecule has 0 unspecified atom stereocenters. The number of methoxy groups -OCH3 is 2. The van der Waals surface area contributed by atoms with Gasteiger partial charge in [-0.2, -0.15) is 0 Å². The molecule has 1 aliphatic heterocycles. The molecule has 31 heavy (non-hydrogen) atoms. The fraction of sp³-hybridized carbons (Fsp3) is 0.250. The maximum Gasteiger partial charge on any atom is 0.339 e. The number of anilines is 2. The maximum atomic E-state index is 12.9. The molecule has 0 saturated carbocycles. The van der Waals surface area contributed by atoms with E-state index in [-0.39, 0.29) is 29.1 Å². The second-order valence-electron chi connectivity index (χ2n) is 6.60. The summed E-state index contributed by atoms with van der Waals surface area (Å²) >= 11 is 0. The SMILES string of the molecule is COC(=O)c1ccc(C(=O)OC)c(NC(=O)[C@@H]2CN(S(C)(=O)=O)c3ccccc3O2)c1. The van der Waals surface area contributed by atoms with Crippen LogP contribution in [0.1, 0.15) is 20.7 Å². The lowest BCUT2D eigenvalue weighted by molar-refractivity contribution is -0.122. The van der Waals surface area contributed by atoms with Gasteiger partial charge in [0.25, 0.3) is 5.91 Å². The Morgan fingerprint density at radius 3 is 2.39 bits per heavy atom. The van der Waals surface area contributed by atoms with Crippen LogP contribution in [0.3, 0.4) is 0 Å². The third-order valence-corrected chi connectivity index (χ3v) is 5.68. The number of rotatable bonds is 5. The van der Waals surface area contributed by atoms with E-state index in [0.717, 1.165) is 10.6 Å². The van der Waals surface area contributed by atoms with Crippen molar-refractivity contribution in [3.8, 4) is 5.75 Å². The van der Waals surface area contributed by atoms with E-state index in [1.807, 2.05) is 0 Å². The van der Waals surface area contributed by atoms with Gasteiger partial charge >= 0.3 is 11.9 Å². The molecule has 1 heterocycles. The van der Waals surface area contributed by atoms with Gasteiger partial charge in [0.1, 0.15) is 5.75 Å². The van der Waals surface area contributed by atoms with Crippen molar-refractivity contribution in [2.45, 2.75) is 6.10 Å². The summed E-state index contributed by atoms with van der Waals surface area (Å²) in [5.41, 5.74) is 0.405. The number of para-hydroxylation sites is 2. The minimum absolute atomic E-state index is 0.000295. The van der Waals surface area contributed by atoms with Crippen LogP contribution in [0.25, 0.3) is 0 Å². The van der Waals surface area contributed by atoms with Crippen LogP contribution in [0, 0.1) is 0 Å². The smallest absolute Gasteiger partial charge is 0.339 e. The number of amides is 1. The highest BCUT2D eigenvalue weighted by Gasteiger charge is 2.35. The number of sulfonamides is 1. The number of esters is 2. The van der Waals surface area contributed by atoms with E-state index in [4.69, 9.17) is 9.47 Å². The first-order chi connectivity index (χ1) is 14.7. The van der Waals surface area contributed by atoms with Gasteiger partial charge in [-0.05, 0) is 30.3 Å². The Morgan fingerprint density at radius 1 is 1.06 bits per heavy atom. The molecule has 1 aliphatic rings. The first-order valence-corrected chi connectivity index (χ1v) is 10.9. The van der Waals surface area contributed by atoms with Crippen molar-refractivity contribution >= 4 is 39.2 Å². The van der Waals surface area contributed by atoms with E-state index in [2.05, 4.69) is 10.1 Å². The van der Waals surface area contributed by atoms with Crippen LogP contribution in [-0.4, -0.2) is 59.4 Å². The summed E-state index contributed by atoms with van der Waals surface area (Å²) in [4.78, 5) is 36.9. The van der Waals surface area contributed by atoms with Crippen molar-refractivity contribution in [1.82, 2.24) is 0 Å². The number of nitrogens with zero attached hydrogens (tertiary/aromatic N) is 1. The minimum atomic E-state index is -3.69. The van der Waals surface area contributed by atoms with E-state index >= 15 is 0 Å². The lowest BCUT2D eigenvalue weighted by Gasteiger charge is -2.33. The van der Waals surface area contributed by atoms with Crippen LogP contribution in [0.2, 0.25) is 0 Å². The molecule has 2 aromatic carbocycles. The number of hydrogen-bond donors (Lipinski definition) is 1.